The highest BCUT2D eigenvalue weighted by Gasteiger charge is 2.28. The van der Waals surface area contributed by atoms with Crippen LogP contribution in [0, 0.1) is 13.8 Å². The molecule has 1 aliphatic rings. The van der Waals surface area contributed by atoms with Crippen LogP contribution in [0.2, 0.25) is 0 Å². The van der Waals surface area contributed by atoms with Crippen molar-refractivity contribution in [1.82, 2.24) is 30.1 Å². The van der Waals surface area contributed by atoms with Gasteiger partial charge in [-0.15, -0.1) is 5.10 Å². The minimum Gasteiger partial charge on any atom is -0.337 e. The first kappa shape index (κ1) is 18.9. The number of hydrogen-bond donors (Lipinski definition) is 1. The van der Waals surface area contributed by atoms with Gasteiger partial charge < -0.3 is 15.1 Å². The van der Waals surface area contributed by atoms with Gasteiger partial charge in [-0.05, 0) is 44.4 Å². The molecule has 0 atom stereocenters. The van der Waals surface area contributed by atoms with E-state index >= 15 is 0 Å². The molecule has 0 spiro atoms. The fourth-order valence-corrected chi connectivity index (χ4v) is 3.21. The normalized spacial score (nSPS) is 14.9. The van der Waals surface area contributed by atoms with Crippen LogP contribution in [0.25, 0.3) is 5.69 Å². The number of aryl methyl sites for hydroxylation is 1. The average molecular weight is 370 g/mol. The number of carbonyl (C=O) groups is 2. The maximum Gasteiger partial charge on any atom is 0.317 e. The molecule has 1 N–H and O–H groups in total. The summed E-state index contributed by atoms with van der Waals surface area (Å²) in [7, 11) is 3.43. The van der Waals surface area contributed by atoms with Crippen molar-refractivity contribution in [1.29, 1.82) is 0 Å². The SMILES string of the molecule is Cc1cccc(-n2nnc(C(=O)N3CCC(NC(=O)N(C)C)CC3)c2C)c1. The van der Waals surface area contributed by atoms with Gasteiger partial charge in [-0.2, -0.15) is 0 Å². The molecule has 8 nitrogen and oxygen atoms in total. The molecule has 0 radical (unpaired) electrons. The van der Waals surface area contributed by atoms with Crippen molar-refractivity contribution < 1.29 is 9.59 Å². The van der Waals surface area contributed by atoms with Gasteiger partial charge in [0, 0.05) is 33.2 Å². The second kappa shape index (κ2) is 7.77. The van der Waals surface area contributed by atoms with E-state index in [1.54, 1.807) is 23.7 Å². The standard InChI is InChI=1S/C19H26N6O2/c1-13-6-5-7-16(12-13)25-14(2)17(21-22-25)18(26)24-10-8-15(9-11-24)20-19(27)23(3)4/h5-7,12,15H,8-11H2,1-4H3,(H,20,27). The van der Waals surface area contributed by atoms with Crippen LogP contribution in [-0.4, -0.2) is 70.0 Å². The molecule has 2 heterocycles. The van der Waals surface area contributed by atoms with Crippen molar-refractivity contribution in [3.8, 4) is 5.69 Å². The van der Waals surface area contributed by atoms with E-state index in [4.69, 9.17) is 0 Å². The molecule has 1 fully saturated rings. The number of aromatic nitrogens is 3. The van der Waals surface area contributed by atoms with Crippen LogP contribution in [-0.2, 0) is 0 Å². The molecule has 1 aliphatic heterocycles. The number of hydrogen-bond acceptors (Lipinski definition) is 4. The third-order valence-corrected chi connectivity index (χ3v) is 4.86. The second-order valence-electron chi connectivity index (χ2n) is 7.18. The molecule has 1 aromatic heterocycles. The lowest BCUT2D eigenvalue weighted by Gasteiger charge is -2.32. The first-order chi connectivity index (χ1) is 12.9. The minimum absolute atomic E-state index is 0.0908. The van der Waals surface area contributed by atoms with E-state index < -0.39 is 0 Å². The van der Waals surface area contributed by atoms with Gasteiger partial charge in [-0.1, -0.05) is 17.3 Å². The molecular weight excluding hydrogens is 344 g/mol. The minimum atomic E-state index is -0.108. The summed E-state index contributed by atoms with van der Waals surface area (Å²) < 4.78 is 1.70. The largest absolute Gasteiger partial charge is 0.337 e. The van der Waals surface area contributed by atoms with Crippen LogP contribution in [0.3, 0.4) is 0 Å². The Morgan fingerprint density at radius 3 is 2.52 bits per heavy atom. The molecule has 3 rings (SSSR count). The summed E-state index contributed by atoms with van der Waals surface area (Å²) in [6.45, 7) is 5.06. The molecule has 0 bridgehead atoms. The summed E-state index contributed by atoms with van der Waals surface area (Å²) in [6.07, 6.45) is 1.47. The van der Waals surface area contributed by atoms with Crippen LogP contribution in [0.5, 0.6) is 0 Å². The first-order valence-electron chi connectivity index (χ1n) is 9.13. The Labute approximate surface area is 159 Å². The van der Waals surface area contributed by atoms with Crippen molar-refractivity contribution in [2.75, 3.05) is 27.2 Å². The first-order valence-corrected chi connectivity index (χ1v) is 9.13. The fourth-order valence-electron chi connectivity index (χ4n) is 3.21. The van der Waals surface area contributed by atoms with Gasteiger partial charge in [0.2, 0.25) is 0 Å². The lowest BCUT2D eigenvalue weighted by Crippen LogP contribution is -2.49. The number of nitrogens with one attached hydrogen (secondary N) is 1. The van der Waals surface area contributed by atoms with E-state index in [2.05, 4.69) is 15.6 Å². The monoisotopic (exact) mass is 370 g/mol. The molecule has 1 saturated heterocycles. The fraction of sp³-hybridized carbons (Fsp3) is 0.474. The maximum absolute atomic E-state index is 12.9. The summed E-state index contributed by atoms with van der Waals surface area (Å²) in [4.78, 5) is 28.0. The van der Waals surface area contributed by atoms with E-state index in [1.165, 1.54) is 4.90 Å². The average Bonchev–Trinajstić information content (AvgIpc) is 3.03. The van der Waals surface area contributed by atoms with Crippen molar-refractivity contribution in [3.63, 3.8) is 0 Å². The molecule has 1 aromatic carbocycles. The second-order valence-corrected chi connectivity index (χ2v) is 7.18. The zero-order valence-electron chi connectivity index (χ0n) is 16.3. The molecule has 0 unspecified atom stereocenters. The smallest absolute Gasteiger partial charge is 0.317 e. The van der Waals surface area contributed by atoms with Crippen molar-refractivity contribution in [2.45, 2.75) is 32.7 Å². The quantitative estimate of drug-likeness (QED) is 0.892. The molecular formula is C19H26N6O2. The number of likely N-dealkylation sites (tertiary alicyclic amines) is 1. The molecule has 27 heavy (non-hydrogen) atoms. The van der Waals surface area contributed by atoms with Gasteiger partial charge in [0.05, 0.1) is 11.4 Å². The lowest BCUT2D eigenvalue weighted by molar-refractivity contribution is 0.0700. The van der Waals surface area contributed by atoms with Gasteiger partial charge in [0.25, 0.3) is 5.91 Å². The lowest BCUT2D eigenvalue weighted by atomic mass is 10.0. The van der Waals surface area contributed by atoms with Crippen molar-refractivity contribution in [3.05, 3.63) is 41.2 Å². The Balaban J connectivity index is 1.67. The molecule has 3 amide bonds. The van der Waals surface area contributed by atoms with E-state index in [1.807, 2.05) is 38.1 Å². The predicted molar refractivity (Wildman–Crippen MR) is 102 cm³/mol. The van der Waals surface area contributed by atoms with E-state index in [-0.39, 0.29) is 18.0 Å². The van der Waals surface area contributed by atoms with E-state index in [9.17, 15) is 9.59 Å². The zero-order chi connectivity index (χ0) is 19.6. The highest BCUT2D eigenvalue weighted by atomic mass is 16.2. The van der Waals surface area contributed by atoms with Crippen molar-refractivity contribution in [2.24, 2.45) is 0 Å². The predicted octanol–water partition coefficient (Wildman–Crippen LogP) is 1.76. The molecule has 2 aromatic rings. The summed E-state index contributed by atoms with van der Waals surface area (Å²) in [6, 6.07) is 7.92. The van der Waals surface area contributed by atoms with Crippen LogP contribution in [0.4, 0.5) is 4.79 Å². The number of benzene rings is 1. The van der Waals surface area contributed by atoms with Crippen LogP contribution < -0.4 is 5.32 Å². The summed E-state index contributed by atoms with van der Waals surface area (Å²) in [5.74, 6) is -0.108. The van der Waals surface area contributed by atoms with Crippen LogP contribution >= 0.6 is 0 Å². The zero-order valence-corrected chi connectivity index (χ0v) is 16.3. The van der Waals surface area contributed by atoms with Crippen molar-refractivity contribution >= 4 is 11.9 Å². The van der Waals surface area contributed by atoms with Gasteiger partial charge in [-0.25, -0.2) is 9.48 Å². The number of amides is 3. The van der Waals surface area contributed by atoms with Gasteiger partial charge in [0.15, 0.2) is 5.69 Å². The Bertz CT molecular complexity index is 836. The molecule has 0 saturated carbocycles. The maximum atomic E-state index is 12.9. The van der Waals surface area contributed by atoms with Crippen LogP contribution in [0.15, 0.2) is 24.3 Å². The number of nitrogens with zero attached hydrogens (tertiary/aromatic N) is 5. The van der Waals surface area contributed by atoms with Gasteiger partial charge >= 0.3 is 6.03 Å². The van der Waals surface area contributed by atoms with Crippen LogP contribution in [0.1, 0.15) is 34.6 Å². The third-order valence-electron chi connectivity index (χ3n) is 4.86. The molecule has 0 aliphatic carbocycles. The molecule has 8 heteroatoms. The Morgan fingerprint density at radius 2 is 1.89 bits per heavy atom. The van der Waals surface area contributed by atoms with E-state index in [0.717, 1.165) is 29.8 Å². The summed E-state index contributed by atoms with van der Waals surface area (Å²) in [5.41, 5.74) is 3.13. The summed E-state index contributed by atoms with van der Waals surface area (Å²) >= 11 is 0. The Kier molecular flexibility index (Phi) is 5.43. The molecule has 144 valence electrons. The van der Waals surface area contributed by atoms with Gasteiger partial charge in [0.1, 0.15) is 0 Å². The third kappa shape index (κ3) is 4.10. The topological polar surface area (TPSA) is 83.4 Å². The number of rotatable bonds is 3. The number of piperidine rings is 1. The highest BCUT2D eigenvalue weighted by Crippen LogP contribution is 2.18. The Morgan fingerprint density at radius 1 is 1.19 bits per heavy atom. The summed E-state index contributed by atoms with van der Waals surface area (Å²) in [5, 5.41) is 11.3. The van der Waals surface area contributed by atoms with E-state index in [0.29, 0.717) is 18.8 Å². The van der Waals surface area contributed by atoms with Gasteiger partial charge in [-0.3, -0.25) is 4.79 Å². The number of urea groups is 1. The number of carbonyl (C=O) groups excluding carboxylic acids is 2. The Hall–Kier alpha value is -2.90. The highest BCUT2D eigenvalue weighted by molar-refractivity contribution is 5.93.